The van der Waals surface area contributed by atoms with Crippen molar-refractivity contribution in [2.45, 2.75) is 45.6 Å². The van der Waals surface area contributed by atoms with Crippen LogP contribution < -0.4 is 4.74 Å². The molecule has 1 aliphatic heterocycles. The molecule has 0 radical (unpaired) electrons. The number of unbranched alkanes of at least 4 members (excludes halogenated alkanes) is 1. The smallest absolute Gasteiger partial charge is 0.118 e. The molecular formula is C17H27NO. The third kappa shape index (κ3) is 4.54. The van der Waals surface area contributed by atoms with Crippen molar-refractivity contribution < 1.29 is 4.74 Å². The van der Waals surface area contributed by atoms with E-state index in [0.717, 1.165) is 18.2 Å². The molecule has 0 amide bonds. The Bertz CT molecular complexity index is 352. The lowest BCUT2D eigenvalue weighted by atomic mass is 9.91. The number of piperidine rings is 1. The molecule has 1 saturated heterocycles. The van der Waals surface area contributed by atoms with Crippen molar-refractivity contribution in [3.8, 4) is 5.75 Å². The van der Waals surface area contributed by atoms with Crippen molar-refractivity contribution in [1.29, 1.82) is 0 Å². The highest BCUT2D eigenvalue weighted by atomic mass is 16.5. The molecule has 0 aliphatic carbocycles. The molecule has 1 fully saturated rings. The molecule has 1 aliphatic rings. The minimum Gasteiger partial charge on any atom is -0.497 e. The zero-order valence-electron chi connectivity index (χ0n) is 12.4. The van der Waals surface area contributed by atoms with Gasteiger partial charge in [-0.3, -0.25) is 4.90 Å². The van der Waals surface area contributed by atoms with E-state index in [1.807, 2.05) is 0 Å². The van der Waals surface area contributed by atoms with E-state index in [0.29, 0.717) is 0 Å². The van der Waals surface area contributed by atoms with E-state index in [2.05, 4.69) is 36.1 Å². The lowest BCUT2D eigenvalue weighted by Crippen LogP contribution is -2.33. The Balaban J connectivity index is 1.75. The Kier molecular flexibility index (Phi) is 5.71. The minimum atomic E-state index is 0.946. The van der Waals surface area contributed by atoms with Gasteiger partial charge in [0, 0.05) is 6.54 Å². The number of nitrogens with zero attached hydrogens (tertiary/aromatic N) is 1. The molecule has 19 heavy (non-hydrogen) atoms. The second-order valence-corrected chi connectivity index (χ2v) is 5.71. The Hall–Kier alpha value is -1.02. The van der Waals surface area contributed by atoms with Crippen LogP contribution in [-0.4, -0.2) is 25.1 Å². The molecule has 1 aromatic carbocycles. The fourth-order valence-corrected chi connectivity index (χ4v) is 2.92. The molecule has 0 N–H and O–H groups in total. The first kappa shape index (κ1) is 14.4. The average molecular weight is 261 g/mol. The summed E-state index contributed by atoms with van der Waals surface area (Å²) in [6, 6.07) is 8.48. The van der Waals surface area contributed by atoms with Gasteiger partial charge < -0.3 is 4.74 Å². The second-order valence-electron chi connectivity index (χ2n) is 5.71. The quantitative estimate of drug-likeness (QED) is 0.764. The molecule has 106 valence electrons. The van der Waals surface area contributed by atoms with E-state index in [9.17, 15) is 0 Å². The molecule has 1 heterocycles. The van der Waals surface area contributed by atoms with Gasteiger partial charge in [-0.2, -0.15) is 0 Å². The lowest BCUT2D eigenvalue weighted by molar-refractivity contribution is 0.171. The summed E-state index contributed by atoms with van der Waals surface area (Å²) in [5.41, 5.74) is 1.40. The molecule has 0 aromatic heterocycles. The molecule has 0 bridgehead atoms. The van der Waals surface area contributed by atoms with Crippen LogP contribution in [0.2, 0.25) is 0 Å². The van der Waals surface area contributed by atoms with Crippen LogP contribution in [0.1, 0.15) is 44.6 Å². The van der Waals surface area contributed by atoms with E-state index in [4.69, 9.17) is 4.74 Å². The minimum absolute atomic E-state index is 0.946. The van der Waals surface area contributed by atoms with E-state index >= 15 is 0 Å². The van der Waals surface area contributed by atoms with Crippen molar-refractivity contribution in [2.24, 2.45) is 5.92 Å². The summed E-state index contributed by atoms with van der Waals surface area (Å²) >= 11 is 0. The first-order valence-corrected chi connectivity index (χ1v) is 7.67. The van der Waals surface area contributed by atoms with Crippen LogP contribution in [0, 0.1) is 5.92 Å². The summed E-state index contributed by atoms with van der Waals surface area (Å²) in [7, 11) is 1.72. The average Bonchev–Trinajstić information content (AvgIpc) is 2.47. The molecular weight excluding hydrogens is 234 g/mol. The molecule has 0 saturated carbocycles. The lowest BCUT2D eigenvalue weighted by Gasteiger charge is -2.32. The van der Waals surface area contributed by atoms with Crippen LogP contribution >= 0.6 is 0 Å². The van der Waals surface area contributed by atoms with Crippen LogP contribution in [-0.2, 0) is 6.54 Å². The number of hydrogen-bond donors (Lipinski definition) is 0. The summed E-state index contributed by atoms with van der Waals surface area (Å²) < 4.78 is 5.20. The van der Waals surface area contributed by atoms with Gasteiger partial charge in [-0.25, -0.2) is 0 Å². The Morgan fingerprint density at radius 1 is 1.16 bits per heavy atom. The van der Waals surface area contributed by atoms with E-state index in [-0.39, 0.29) is 0 Å². The van der Waals surface area contributed by atoms with Gasteiger partial charge >= 0.3 is 0 Å². The fourth-order valence-electron chi connectivity index (χ4n) is 2.92. The summed E-state index contributed by atoms with van der Waals surface area (Å²) in [5.74, 6) is 1.93. The number of methoxy groups -OCH3 is 1. The van der Waals surface area contributed by atoms with Crippen molar-refractivity contribution in [3.63, 3.8) is 0 Å². The fraction of sp³-hybridized carbons (Fsp3) is 0.647. The molecule has 0 atom stereocenters. The summed E-state index contributed by atoms with van der Waals surface area (Å²) in [6.45, 7) is 5.91. The molecule has 0 unspecified atom stereocenters. The highest BCUT2D eigenvalue weighted by molar-refractivity contribution is 5.27. The Labute approximate surface area is 117 Å². The maximum atomic E-state index is 5.20. The van der Waals surface area contributed by atoms with Crippen LogP contribution in [0.15, 0.2) is 24.3 Å². The van der Waals surface area contributed by atoms with E-state index in [1.165, 1.54) is 50.8 Å². The predicted molar refractivity (Wildman–Crippen MR) is 80.5 cm³/mol. The third-order valence-electron chi connectivity index (χ3n) is 4.24. The SMILES string of the molecule is CCCCC1CCN(Cc2ccc(OC)cc2)CC1. The van der Waals surface area contributed by atoms with Gasteiger partial charge in [-0.15, -0.1) is 0 Å². The maximum absolute atomic E-state index is 5.20. The summed E-state index contributed by atoms with van der Waals surface area (Å²) in [5, 5.41) is 0. The van der Waals surface area contributed by atoms with Gasteiger partial charge in [0.25, 0.3) is 0 Å². The van der Waals surface area contributed by atoms with Crippen molar-refractivity contribution >= 4 is 0 Å². The highest BCUT2D eigenvalue weighted by Crippen LogP contribution is 2.23. The molecule has 1 aromatic rings. The predicted octanol–water partition coefficient (Wildman–Crippen LogP) is 4.10. The van der Waals surface area contributed by atoms with Crippen molar-refractivity contribution in [1.82, 2.24) is 4.90 Å². The van der Waals surface area contributed by atoms with Gasteiger partial charge in [0.1, 0.15) is 5.75 Å². The van der Waals surface area contributed by atoms with Gasteiger partial charge in [-0.1, -0.05) is 38.3 Å². The van der Waals surface area contributed by atoms with E-state index in [1.54, 1.807) is 7.11 Å². The van der Waals surface area contributed by atoms with Gasteiger partial charge in [-0.05, 0) is 49.5 Å². The molecule has 2 nitrogen and oxygen atoms in total. The zero-order chi connectivity index (χ0) is 13.5. The molecule has 2 heteroatoms. The molecule has 0 spiro atoms. The van der Waals surface area contributed by atoms with Crippen LogP contribution in [0.3, 0.4) is 0 Å². The highest BCUT2D eigenvalue weighted by Gasteiger charge is 2.18. The van der Waals surface area contributed by atoms with Crippen LogP contribution in [0.25, 0.3) is 0 Å². The van der Waals surface area contributed by atoms with Gasteiger partial charge in [0.2, 0.25) is 0 Å². The van der Waals surface area contributed by atoms with Crippen molar-refractivity contribution in [2.75, 3.05) is 20.2 Å². The maximum Gasteiger partial charge on any atom is 0.118 e. The zero-order valence-corrected chi connectivity index (χ0v) is 12.4. The van der Waals surface area contributed by atoms with Crippen LogP contribution in [0.5, 0.6) is 5.75 Å². The standard InChI is InChI=1S/C17H27NO/c1-3-4-5-15-10-12-18(13-11-15)14-16-6-8-17(19-2)9-7-16/h6-9,15H,3-5,10-14H2,1-2H3. The number of benzene rings is 1. The largest absolute Gasteiger partial charge is 0.497 e. The van der Waals surface area contributed by atoms with Crippen LogP contribution in [0.4, 0.5) is 0 Å². The van der Waals surface area contributed by atoms with Crippen molar-refractivity contribution in [3.05, 3.63) is 29.8 Å². The Morgan fingerprint density at radius 2 is 1.84 bits per heavy atom. The number of rotatable bonds is 6. The van der Waals surface area contributed by atoms with Gasteiger partial charge in [0.15, 0.2) is 0 Å². The normalized spacial score (nSPS) is 17.6. The third-order valence-corrected chi connectivity index (χ3v) is 4.24. The number of ether oxygens (including phenoxy) is 1. The molecule has 2 rings (SSSR count). The number of likely N-dealkylation sites (tertiary alicyclic amines) is 1. The summed E-state index contributed by atoms with van der Waals surface area (Å²) in [6.07, 6.45) is 6.95. The van der Waals surface area contributed by atoms with E-state index < -0.39 is 0 Å². The Morgan fingerprint density at radius 3 is 2.42 bits per heavy atom. The van der Waals surface area contributed by atoms with Gasteiger partial charge in [0.05, 0.1) is 7.11 Å². The topological polar surface area (TPSA) is 12.5 Å². The first-order valence-electron chi connectivity index (χ1n) is 7.67. The second kappa shape index (κ2) is 7.54. The monoisotopic (exact) mass is 261 g/mol. The first-order chi connectivity index (χ1) is 9.31. The summed E-state index contributed by atoms with van der Waals surface area (Å²) in [4.78, 5) is 2.59. The number of hydrogen-bond acceptors (Lipinski definition) is 2.